The third-order valence-electron chi connectivity index (χ3n) is 4.61. The summed E-state index contributed by atoms with van der Waals surface area (Å²) in [6.07, 6.45) is 5.93. The fraction of sp³-hybridized carbons (Fsp3) is 0.611. The molecule has 128 valence electrons. The summed E-state index contributed by atoms with van der Waals surface area (Å²) in [6.45, 7) is 4.66. The van der Waals surface area contributed by atoms with Crippen LogP contribution in [0.5, 0.6) is 5.75 Å². The predicted molar refractivity (Wildman–Crippen MR) is 94.5 cm³/mol. The van der Waals surface area contributed by atoms with E-state index >= 15 is 0 Å². The van der Waals surface area contributed by atoms with Crippen LogP contribution in [0.1, 0.15) is 42.5 Å². The van der Waals surface area contributed by atoms with Crippen molar-refractivity contribution < 1.29 is 9.53 Å². The highest BCUT2D eigenvalue weighted by molar-refractivity contribution is 5.94. The Morgan fingerprint density at radius 3 is 2.78 bits per heavy atom. The maximum atomic E-state index is 12.5. The van der Waals surface area contributed by atoms with Crippen molar-refractivity contribution in [3.05, 3.63) is 29.8 Å². The number of rotatable bonds is 4. The van der Waals surface area contributed by atoms with E-state index in [0.29, 0.717) is 5.92 Å². The number of hydrogen-bond donors (Lipinski definition) is 1. The number of likely N-dealkylation sites (tertiary alicyclic amines) is 1. The van der Waals surface area contributed by atoms with Crippen molar-refractivity contribution in [1.29, 1.82) is 0 Å². The lowest BCUT2D eigenvalue weighted by atomic mass is 10.0. The van der Waals surface area contributed by atoms with Crippen LogP contribution in [0.3, 0.4) is 0 Å². The summed E-state index contributed by atoms with van der Waals surface area (Å²) >= 11 is 0. The van der Waals surface area contributed by atoms with E-state index in [2.05, 4.69) is 5.32 Å². The van der Waals surface area contributed by atoms with E-state index in [4.69, 9.17) is 4.74 Å². The highest BCUT2D eigenvalue weighted by atomic mass is 35.5. The first-order valence-corrected chi connectivity index (χ1v) is 8.56. The van der Waals surface area contributed by atoms with Gasteiger partial charge in [0.25, 0.3) is 5.91 Å². The molecule has 0 bridgehead atoms. The summed E-state index contributed by atoms with van der Waals surface area (Å²) in [5.74, 6) is 1.54. The zero-order chi connectivity index (χ0) is 15.2. The van der Waals surface area contributed by atoms with Crippen molar-refractivity contribution in [1.82, 2.24) is 10.2 Å². The highest BCUT2D eigenvalue weighted by Gasteiger charge is 2.19. The van der Waals surface area contributed by atoms with Crippen molar-refractivity contribution in [2.45, 2.75) is 32.1 Å². The zero-order valence-corrected chi connectivity index (χ0v) is 14.4. The van der Waals surface area contributed by atoms with Gasteiger partial charge in [-0.05, 0) is 56.8 Å². The van der Waals surface area contributed by atoms with Gasteiger partial charge in [-0.3, -0.25) is 4.79 Å². The average Bonchev–Trinajstić information content (AvgIpc) is 2.61. The molecule has 2 saturated heterocycles. The van der Waals surface area contributed by atoms with E-state index in [0.717, 1.165) is 56.9 Å². The minimum absolute atomic E-state index is 0. The Bertz CT molecular complexity index is 498. The van der Waals surface area contributed by atoms with Gasteiger partial charge in [0.05, 0.1) is 6.61 Å². The van der Waals surface area contributed by atoms with E-state index in [1.54, 1.807) is 0 Å². The molecule has 2 fully saturated rings. The second-order valence-corrected chi connectivity index (χ2v) is 6.40. The number of halogens is 1. The molecule has 1 atom stereocenters. The molecule has 1 unspecified atom stereocenters. The van der Waals surface area contributed by atoms with Crippen LogP contribution >= 0.6 is 12.4 Å². The fourth-order valence-corrected chi connectivity index (χ4v) is 3.28. The molecule has 0 aromatic heterocycles. The molecule has 1 N–H and O–H groups in total. The van der Waals surface area contributed by atoms with Gasteiger partial charge in [0.15, 0.2) is 0 Å². The molecule has 2 aliphatic rings. The Morgan fingerprint density at radius 1 is 1.22 bits per heavy atom. The van der Waals surface area contributed by atoms with Crippen molar-refractivity contribution in [2.24, 2.45) is 5.92 Å². The Hall–Kier alpha value is -1.26. The molecule has 1 aromatic rings. The quantitative estimate of drug-likeness (QED) is 0.917. The lowest BCUT2D eigenvalue weighted by molar-refractivity contribution is 0.0723. The molecule has 0 spiro atoms. The molecule has 4 nitrogen and oxygen atoms in total. The lowest BCUT2D eigenvalue weighted by Gasteiger charge is -2.27. The SMILES string of the molecule is Cl.O=C(c1cccc(OCC2CCCNC2)c1)N1CCCCC1. The number of piperidine rings is 2. The van der Waals surface area contributed by atoms with Crippen LogP contribution in [0, 0.1) is 5.92 Å². The van der Waals surface area contributed by atoms with E-state index in [1.807, 2.05) is 29.2 Å². The summed E-state index contributed by atoms with van der Waals surface area (Å²) in [6, 6.07) is 7.66. The Morgan fingerprint density at radius 2 is 2.04 bits per heavy atom. The van der Waals surface area contributed by atoms with Gasteiger partial charge in [0, 0.05) is 31.1 Å². The Balaban J connectivity index is 0.00000192. The summed E-state index contributed by atoms with van der Waals surface area (Å²) in [5, 5.41) is 3.40. The second-order valence-electron chi connectivity index (χ2n) is 6.40. The molecular weight excluding hydrogens is 312 g/mol. The fourth-order valence-electron chi connectivity index (χ4n) is 3.28. The van der Waals surface area contributed by atoms with Crippen LogP contribution in [0.25, 0.3) is 0 Å². The minimum Gasteiger partial charge on any atom is -0.493 e. The summed E-state index contributed by atoms with van der Waals surface area (Å²) < 4.78 is 5.91. The van der Waals surface area contributed by atoms with Gasteiger partial charge in [-0.1, -0.05) is 6.07 Å². The largest absolute Gasteiger partial charge is 0.493 e. The first kappa shape index (κ1) is 18.1. The first-order chi connectivity index (χ1) is 10.8. The van der Waals surface area contributed by atoms with Gasteiger partial charge in [-0.2, -0.15) is 0 Å². The average molecular weight is 339 g/mol. The van der Waals surface area contributed by atoms with Crippen LogP contribution in [0.2, 0.25) is 0 Å². The summed E-state index contributed by atoms with van der Waals surface area (Å²) in [7, 11) is 0. The highest BCUT2D eigenvalue weighted by Crippen LogP contribution is 2.19. The van der Waals surface area contributed by atoms with E-state index in [1.165, 1.54) is 19.3 Å². The van der Waals surface area contributed by atoms with Crippen molar-refractivity contribution in [3.8, 4) is 5.75 Å². The minimum atomic E-state index is 0. The van der Waals surface area contributed by atoms with E-state index in [-0.39, 0.29) is 18.3 Å². The topological polar surface area (TPSA) is 41.6 Å². The Labute approximate surface area is 145 Å². The number of nitrogens with one attached hydrogen (secondary N) is 1. The number of benzene rings is 1. The number of amides is 1. The monoisotopic (exact) mass is 338 g/mol. The first-order valence-electron chi connectivity index (χ1n) is 8.56. The molecule has 3 rings (SSSR count). The van der Waals surface area contributed by atoms with Crippen molar-refractivity contribution in [2.75, 3.05) is 32.8 Å². The van der Waals surface area contributed by atoms with E-state index in [9.17, 15) is 4.79 Å². The Kier molecular flexibility index (Phi) is 7.18. The molecule has 2 heterocycles. The number of carbonyl (C=O) groups is 1. The van der Waals surface area contributed by atoms with Gasteiger partial charge in [-0.15, -0.1) is 12.4 Å². The molecule has 0 aliphatic carbocycles. The number of nitrogens with zero attached hydrogens (tertiary/aromatic N) is 1. The van der Waals surface area contributed by atoms with Crippen molar-refractivity contribution in [3.63, 3.8) is 0 Å². The van der Waals surface area contributed by atoms with E-state index < -0.39 is 0 Å². The normalized spacial score (nSPS) is 21.4. The van der Waals surface area contributed by atoms with Crippen molar-refractivity contribution >= 4 is 18.3 Å². The number of carbonyl (C=O) groups excluding carboxylic acids is 1. The second kappa shape index (κ2) is 9.14. The summed E-state index contributed by atoms with van der Waals surface area (Å²) in [5.41, 5.74) is 0.751. The maximum absolute atomic E-state index is 12.5. The zero-order valence-electron chi connectivity index (χ0n) is 13.6. The van der Waals surface area contributed by atoms with Gasteiger partial charge < -0.3 is 15.0 Å². The number of ether oxygens (including phenoxy) is 1. The van der Waals surface area contributed by atoms with Crippen LogP contribution in [-0.4, -0.2) is 43.6 Å². The molecule has 1 aromatic carbocycles. The summed E-state index contributed by atoms with van der Waals surface area (Å²) in [4.78, 5) is 14.5. The maximum Gasteiger partial charge on any atom is 0.253 e. The third kappa shape index (κ3) is 5.11. The van der Waals surface area contributed by atoms with Crippen LogP contribution < -0.4 is 10.1 Å². The molecular formula is C18H27ClN2O2. The number of hydrogen-bond acceptors (Lipinski definition) is 3. The predicted octanol–water partition coefficient (Wildman–Crippen LogP) is 3.11. The van der Waals surface area contributed by atoms with Crippen LogP contribution in [0.4, 0.5) is 0 Å². The molecule has 2 aliphatic heterocycles. The third-order valence-corrected chi connectivity index (χ3v) is 4.61. The molecule has 1 amide bonds. The lowest BCUT2D eigenvalue weighted by Crippen LogP contribution is -2.35. The van der Waals surface area contributed by atoms with Crippen LogP contribution in [0.15, 0.2) is 24.3 Å². The molecule has 23 heavy (non-hydrogen) atoms. The van der Waals surface area contributed by atoms with Crippen LogP contribution in [-0.2, 0) is 0 Å². The van der Waals surface area contributed by atoms with Gasteiger partial charge in [0.2, 0.25) is 0 Å². The molecule has 0 saturated carbocycles. The molecule has 0 radical (unpaired) electrons. The van der Waals surface area contributed by atoms with Gasteiger partial charge >= 0.3 is 0 Å². The molecule has 5 heteroatoms. The van der Waals surface area contributed by atoms with Gasteiger partial charge in [-0.25, -0.2) is 0 Å². The smallest absolute Gasteiger partial charge is 0.253 e. The standard InChI is InChI=1S/C18H26N2O2.ClH/c21-18(20-10-2-1-3-11-20)16-7-4-8-17(12-16)22-14-15-6-5-9-19-13-15;/h4,7-8,12,15,19H,1-3,5-6,9-11,13-14H2;1H. The van der Waals surface area contributed by atoms with Gasteiger partial charge in [0.1, 0.15) is 5.75 Å².